The van der Waals surface area contributed by atoms with Crippen molar-refractivity contribution in [1.82, 2.24) is 15.2 Å². The van der Waals surface area contributed by atoms with E-state index < -0.39 is 47.2 Å². The lowest BCUT2D eigenvalue weighted by Gasteiger charge is -2.44. The highest BCUT2D eigenvalue weighted by Gasteiger charge is 2.73. The van der Waals surface area contributed by atoms with Gasteiger partial charge >= 0.3 is 12.0 Å². The normalized spacial score (nSPS) is 24.6. The Hall–Kier alpha value is -4.99. The number of barbiturate groups is 1. The van der Waals surface area contributed by atoms with Gasteiger partial charge in [-0.3, -0.25) is 24.8 Å². The number of carbonyl (C=O) groups excluding carboxylic acids is 4. The smallest absolute Gasteiger partial charge is 0.331 e. The maximum atomic E-state index is 14.9. The maximum absolute atomic E-state index is 14.9. The highest BCUT2D eigenvalue weighted by molar-refractivity contribution is 6.21. The number of hydrogen-bond acceptors (Lipinski definition) is 8. The second kappa shape index (κ2) is 10.2. The summed E-state index contributed by atoms with van der Waals surface area (Å²) in [5.41, 5.74) is 0.648. The molecule has 0 saturated carbocycles. The van der Waals surface area contributed by atoms with Crippen LogP contribution in [0.4, 0.5) is 4.79 Å². The zero-order valence-corrected chi connectivity index (χ0v) is 22.5. The van der Waals surface area contributed by atoms with E-state index in [0.717, 1.165) is 4.90 Å². The number of nitrogens with zero attached hydrogens (tertiary/aromatic N) is 3. The van der Waals surface area contributed by atoms with Gasteiger partial charge in [0.25, 0.3) is 0 Å². The van der Waals surface area contributed by atoms with Gasteiger partial charge in [0.15, 0.2) is 11.5 Å². The van der Waals surface area contributed by atoms with E-state index in [4.69, 9.17) is 9.47 Å². The second-order valence-corrected chi connectivity index (χ2v) is 10.1. The van der Waals surface area contributed by atoms with Crippen LogP contribution in [0.25, 0.3) is 0 Å². The SMILES string of the molecule is CCOC(=O)[C@H]1[C@H](c2ccc(OC)cc2)[C@]2(C(=O)NC(=O)N(Cc3ccccc3)C2=O)[C@H]2c3ccccc3C=NN12. The van der Waals surface area contributed by atoms with Crippen LogP contribution in [-0.2, 0) is 25.7 Å². The fourth-order valence-corrected chi connectivity index (χ4v) is 6.31. The molecule has 3 heterocycles. The first kappa shape index (κ1) is 26.2. The van der Waals surface area contributed by atoms with Crippen molar-refractivity contribution < 1.29 is 28.7 Å². The fourth-order valence-electron chi connectivity index (χ4n) is 6.31. The summed E-state index contributed by atoms with van der Waals surface area (Å²) in [6.07, 6.45) is 1.61. The summed E-state index contributed by atoms with van der Waals surface area (Å²) >= 11 is 0. The Bertz CT molecular complexity index is 1560. The van der Waals surface area contributed by atoms with Gasteiger partial charge in [0.05, 0.1) is 32.5 Å². The van der Waals surface area contributed by atoms with E-state index in [1.54, 1.807) is 49.5 Å². The number of ether oxygens (including phenoxy) is 2. The van der Waals surface area contributed by atoms with E-state index >= 15 is 0 Å². The number of hydrogen-bond donors (Lipinski definition) is 1. The summed E-state index contributed by atoms with van der Waals surface area (Å²) in [6.45, 7) is 1.73. The lowest BCUT2D eigenvalue weighted by Crippen LogP contribution is -2.66. The third kappa shape index (κ3) is 3.97. The van der Waals surface area contributed by atoms with Gasteiger partial charge in [-0.25, -0.2) is 9.59 Å². The summed E-state index contributed by atoms with van der Waals surface area (Å²) in [5.74, 6) is -2.61. The van der Waals surface area contributed by atoms with Crippen molar-refractivity contribution in [2.45, 2.75) is 31.5 Å². The van der Waals surface area contributed by atoms with Crippen LogP contribution in [0.3, 0.4) is 0 Å². The Morgan fingerprint density at radius 1 is 0.976 bits per heavy atom. The first-order chi connectivity index (χ1) is 19.9. The number of rotatable bonds is 6. The highest BCUT2D eigenvalue weighted by Crippen LogP contribution is 2.61. The molecule has 6 rings (SSSR count). The van der Waals surface area contributed by atoms with Crippen LogP contribution in [0.15, 0.2) is 84.0 Å². The zero-order chi connectivity index (χ0) is 28.7. The largest absolute Gasteiger partial charge is 0.497 e. The maximum Gasteiger partial charge on any atom is 0.331 e. The van der Waals surface area contributed by atoms with Crippen molar-refractivity contribution in [1.29, 1.82) is 0 Å². The van der Waals surface area contributed by atoms with Crippen molar-refractivity contribution in [3.05, 3.63) is 101 Å². The quantitative estimate of drug-likeness (QED) is 0.368. The molecule has 3 aromatic carbocycles. The molecule has 0 aromatic heterocycles. The summed E-state index contributed by atoms with van der Waals surface area (Å²) in [7, 11) is 1.53. The molecule has 4 amide bonds. The number of methoxy groups -OCH3 is 1. The number of urea groups is 1. The Labute approximate surface area is 236 Å². The van der Waals surface area contributed by atoms with Crippen LogP contribution >= 0.6 is 0 Å². The monoisotopic (exact) mass is 552 g/mol. The second-order valence-electron chi connectivity index (χ2n) is 10.1. The topological polar surface area (TPSA) is 118 Å². The number of nitrogens with one attached hydrogen (secondary N) is 1. The molecular formula is C31H28N4O6. The van der Waals surface area contributed by atoms with Crippen LogP contribution in [0.2, 0.25) is 0 Å². The van der Waals surface area contributed by atoms with E-state index in [9.17, 15) is 19.2 Å². The van der Waals surface area contributed by atoms with Gasteiger partial charge in [-0.05, 0) is 41.3 Å². The number of carbonyl (C=O) groups is 4. The van der Waals surface area contributed by atoms with Crippen LogP contribution < -0.4 is 10.1 Å². The number of amides is 4. The predicted octanol–water partition coefficient (Wildman–Crippen LogP) is 3.38. The molecule has 0 aliphatic carbocycles. The van der Waals surface area contributed by atoms with Gasteiger partial charge in [0, 0.05) is 5.92 Å². The molecule has 10 heteroatoms. The highest BCUT2D eigenvalue weighted by atomic mass is 16.5. The third-order valence-corrected chi connectivity index (χ3v) is 8.03. The lowest BCUT2D eigenvalue weighted by molar-refractivity contribution is -0.155. The fraction of sp³-hybridized carbons (Fsp3) is 0.258. The minimum Gasteiger partial charge on any atom is -0.497 e. The molecule has 208 valence electrons. The Morgan fingerprint density at radius 2 is 1.68 bits per heavy atom. The molecule has 10 nitrogen and oxygen atoms in total. The number of esters is 1. The Balaban J connectivity index is 1.61. The first-order valence-corrected chi connectivity index (χ1v) is 13.3. The van der Waals surface area contributed by atoms with E-state index in [1.165, 1.54) is 12.1 Å². The summed E-state index contributed by atoms with van der Waals surface area (Å²) in [6, 6.07) is 20.3. The molecule has 4 atom stereocenters. The van der Waals surface area contributed by atoms with Gasteiger partial charge in [-0.2, -0.15) is 5.10 Å². The van der Waals surface area contributed by atoms with E-state index in [0.29, 0.717) is 28.0 Å². The van der Waals surface area contributed by atoms with E-state index in [1.807, 2.05) is 42.5 Å². The van der Waals surface area contributed by atoms with Gasteiger partial charge in [0.1, 0.15) is 5.75 Å². The van der Waals surface area contributed by atoms with Gasteiger partial charge < -0.3 is 9.47 Å². The molecule has 0 unspecified atom stereocenters. The first-order valence-electron chi connectivity index (χ1n) is 13.3. The number of benzene rings is 3. The molecule has 0 radical (unpaired) electrons. The van der Waals surface area contributed by atoms with Crippen molar-refractivity contribution in [3.63, 3.8) is 0 Å². The molecule has 0 bridgehead atoms. The van der Waals surface area contributed by atoms with Crippen molar-refractivity contribution >= 4 is 30.0 Å². The molecule has 1 spiro atoms. The molecule has 3 aliphatic heterocycles. The molecule has 2 fully saturated rings. The molecular weight excluding hydrogens is 524 g/mol. The lowest BCUT2D eigenvalue weighted by atomic mass is 9.64. The van der Waals surface area contributed by atoms with E-state index in [-0.39, 0.29) is 13.2 Å². The Morgan fingerprint density at radius 3 is 2.39 bits per heavy atom. The number of hydrazone groups is 1. The van der Waals surface area contributed by atoms with Crippen LogP contribution in [0.5, 0.6) is 5.75 Å². The zero-order valence-electron chi connectivity index (χ0n) is 22.5. The number of fused-ring (bicyclic) bond motifs is 4. The van der Waals surface area contributed by atoms with Crippen molar-refractivity contribution in [2.24, 2.45) is 10.5 Å². The standard InChI is InChI=1S/C31H28N4O6/c1-3-41-27(36)25-24(20-13-15-22(40-2)16-14-20)31(26-23-12-8-7-11-21(23)17-32-35(25)26)28(37)33-30(39)34(29(31)38)18-19-9-5-4-6-10-19/h4-17,24-26H,3,18H2,1-2H3,(H,33,37,39)/t24-,25+,26+,31+/m0/s1. The van der Waals surface area contributed by atoms with Gasteiger partial charge in [-0.1, -0.05) is 66.7 Å². The minimum atomic E-state index is -1.94. The van der Waals surface area contributed by atoms with Crippen LogP contribution in [0.1, 0.15) is 41.1 Å². The molecule has 2 saturated heterocycles. The number of imide groups is 2. The van der Waals surface area contributed by atoms with E-state index in [2.05, 4.69) is 10.4 Å². The average Bonchev–Trinajstić information content (AvgIpc) is 3.32. The third-order valence-electron chi connectivity index (χ3n) is 8.03. The summed E-state index contributed by atoms with van der Waals surface area (Å²) < 4.78 is 10.8. The van der Waals surface area contributed by atoms with Crippen molar-refractivity contribution in [2.75, 3.05) is 13.7 Å². The summed E-state index contributed by atoms with van der Waals surface area (Å²) in [4.78, 5) is 57.2. The molecule has 3 aromatic rings. The van der Waals surface area contributed by atoms with Crippen LogP contribution in [0, 0.1) is 5.41 Å². The van der Waals surface area contributed by atoms with Gasteiger partial charge in [-0.15, -0.1) is 0 Å². The van der Waals surface area contributed by atoms with Gasteiger partial charge in [0.2, 0.25) is 11.8 Å². The Kier molecular flexibility index (Phi) is 6.53. The summed E-state index contributed by atoms with van der Waals surface area (Å²) in [5, 5.41) is 8.59. The molecule has 1 N–H and O–H groups in total. The molecule has 41 heavy (non-hydrogen) atoms. The average molecular weight is 553 g/mol. The predicted molar refractivity (Wildman–Crippen MR) is 148 cm³/mol. The van der Waals surface area contributed by atoms with Crippen LogP contribution in [-0.4, -0.2) is 59.7 Å². The van der Waals surface area contributed by atoms with Crippen molar-refractivity contribution in [3.8, 4) is 5.75 Å². The molecule has 3 aliphatic rings. The minimum absolute atomic E-state index is 0.0580.